The second kappa shape index (κ2) is 4.19. The Morgan fingerprint density at radius 3 is 2.36 bits per heavy atom. The number of nitrogens with one attached hydrogen (secondary N) is 1. The van der Waals surface area contributed by atoms with E-state index < -0.39 is 0 Å². The van der Waals surface area contributed by atoms with E-state index >= 15 is 0 Å². The summed E-state index contributed by atoms with van der Waals surface area (Å²) < 4.78 is 5.94. The van der Waals surface area contributed by atoms with Gasteiger partial charge in [-0.25, -0.2) is 0 Å². The van der Waals surface area contributed by atoms with Gasteiger partial charge in [0.1, 0.15) is 0 Å². The molecule has 2 fully saturated rings. The lowest BCUT2D eigenvalue weighted by molar-refractivity contribution is -0.0197. The van der Waals surface area contributed by atoms with Crippen molar-refractivity contribution in [2.45, 2.75) is 45.6 Å². The van der Waals surface area contributed by atoms with Crippen LogP contribution in [0.3, 0.4) is 0 Å². The molecule has 0 spiro atoms. The first kappa shape index (κ1) is 10.4. The van der Waals surface area contributed by atoms with Crippen LogP contribution in [0.5, 0.6) is 0 Å². The van der Waals surface area contributed by atoms with Crippen LogP contribution in [0, 0.1) is 11.3 Å². The molecule has 1 saturated carbocycles. The molecule has 14 heavy (non-hydrogen) atoms. The van der Waals surface area contributed by atoms with E-state index in [0.717, 1.165) is 25.6 Å². The summed E-state index contributed by atoms with van der Waals surface area (Å²) in [7, 11) is 0. The Bertz CT molecular complexity index is 177. The minimum atomic E-state index is 0.559. The summed E-state index contributed by atoms with van der Waals surface area (Å²) in [5.74, 6) is 0.796. The maximum absolute atomic E-state index is 5.94. The molecule has 0 radical (unpaired) electrons. The molecule has 0 aromatic carbocycles. The molecule has 2 rings (SSSR count). The van der Waals surface area contributed by atoms with E-state index in [-0.39, 0.29) is 0 Å². The molecule has 0 bridgehead atoms. The van der Waals surface area contributed by atoms with Gasteiger partial charge in [0.15, 0.2) is 0 Å². The largest absolute Gasteiger partial charge is 0.378 e. The summed E-state index contributed by atoms with van der Waals surface area (Å²) in [4.78, 5) is 0. The first-order valence-electron chi connectivity index (χ1n) is 5.98. The summed E-state index contributed by atoms with van der Waals surface area (Å²) in [6.45, 7) is 8.06. The van der Waals surface area contributed by atoms with Gasteiger partial charge < -0.3 is 10.1 Å². The van der Waals surface area contributed by atoms with Gasteiger partial charge in [-0.05, 0) is 31.1 Å². The van der Waals surface area contributed by atoms with Gasteiger partial charge in [-0.3, -0.25) is 0 Å². The van der Waals surface area contributed by atoms with E-state index in [0.29, 0.717) is 11.5 Å². The molecular weight excluding hydrogens is 174 g/mol. The third-order valence-electron chi connectivity index (χ3n) is 3.72. The Hall–Kier alpha value is -0.0800. The van der Waals surface area contributed by atoms with Crippen molar-refractivity contribution in [2.75, 3.05) is 19.7 Å². The third-order valence-corrected chi connectivity index (χ3v) is 3.72. The highest BCUT2D eigenvalue weighted by Gasteiger charge is 2.28. The summed E-state index contributed by atoms with van der Waals surface area (Å²) in [6, 6.07) is 0. The average Bonchev–Trinajstić information content (AvgIpc) is 2.05. The Balaban J connectivity index is 1.63. The molecule has 1 aliphatic heterocycles. The maximum atomic E-state index is 5.94. The molecule has 2 aliphatic rings. The van der Waals surface area contributed by atoms with E-state index in [1.807, 2.05) is 0 Å². The smallest absolute Gasteiger partial charge is 0.0575 e. The molecule has 0 amide bonds. The van der Waals surface area contributed by atoms with Crippen molar-refractivity contribution < 1.29 is 4.74 Å². The molecule has 1 saturated heterocycles. The van der Waals surface area contributed by atoms with E-state index in [4.69, 9.17) is 4.74 Å². The number of hydrogen-bond donors (Lipinski definition) is 1. The minimum absolute atomic E-state index is 0.559. The monoisotopic (exact) mass is 197 g/mol. The van der Waals surface area contributed by atoms with Gasteiger partial charge in [0.05, 0.1) is 12.7 Å². The number of hydrogen-bond acceptors (Lipinski definition) is 2. The predicted octanol–water partition coefficient (Wildman–Crippen LogP) is 2.19. The van der Waals surface area contributed by atoms with Crippen molar-refractivity contribution >= 4 is 0 Å². The highest BCUT2D eigenvalue weighted by atomic mass is 16.5. The first-order valence-corrected chi connectivity index (χ1v) is 5.98. The molecular formula is C12H23NO. The van der Waals surface area contributed by atoms with Crippen LogP contribution in [-0.4, -0.2) is 25.8 Å². The number of rotatable bonds is 3. The van der Waals surface area contributed by atoms with E-state index in [1.165, 1.54) is 25.7 Å². The standard InChI is InChI=1S/C12H23NO/c1-12(2)5-3-11(4-6-12)14-9-10-7-13-8-10/h10-11,13H,3-9H2,1-2H3. The molecule has 2 nitrogen and oxygen atoms in total. The van der Waals surface area contributed by atoms with Crippen molar-refractivity contribution in [1.82, 2.24) is 5.32 Å². The maximum Gasteiger partial charge on any atom is 0.0575 e. The van der Waals surface area contributed by atoms with Crippen molar-refractivity contribution in [3.63, 3.8) is 0 Å². The van der Waals surface area contributed by atoms with Crippen LogP contribution in [0.15, 0.2) is 0 Å². The molecule has 0 unspecified atom stereocenters. The lowest BCUT2D eigenvalue weighted by atomic mass is 9.76. The summed E-state index contributed by atoms with van der Waals surface area (Å²) >= 11 is 0. The molecule has 82 valence electrons. The summed E-state index contributed by atoms with van der Waals surface area (Å²) in [5, 5.41) is 3.28. The van der Waals surface area contributed by atoms with Crippen LogP contribution in [0.1, 0.15) is 39.5 Å². The molecule has 0 atom stereocenters. The highest BCUT2D eigenvalue weighted by molar-refractivity contribution is 4.80. The van der Waals surface area contributed by atoms with Crippen LogP contribution in [-0.2, 0) is 4.74 Å². The van der Waals surface area contributed by atoms with Crippen LogP contribution in [0.2, 0.25) is 0 Å². The van der Waals surface area contributed by atoms with E-state index in [1.54, 1.807) is 0 Å². The SMILES string of the molecule is CC1(C)CCC(OCC2CNC2)CC1. The zero-order valence-electron chi connectivity index (χ0n) is 9.51. The highest BCUT2D eigenvalue weighted by Crippen LogP contribution is 2.36. The fraction of sp³-hybridized carbons (Fsp3) is 1.00. The van der Waals surface area contributed by atoms with Gasteiger partial charge in [-0.15, -0.1) is 0 Å². The van der Waals surface area contributed by atoms with Crippen LogP contribution < -0.4 is 5.32 Å². The predicted molar refractivity (Wildman–Crippen MR) is 58.3 cm³/mol. The van der Waals surface area contributed by atoms with E-state index in [2.05, 4.69) is 19.2 Å². The van der Waals surface area contributed by atoms with Crippen molar-refractivity contribution in [1.29, 1.82) is 0 Å². The molecule has 0 aromatic heterocycles. The second-order valence-corrected chi connectivity index (χ2v) is 5.72. The number of ether oxygens (including phenoxy) is 1. The zero-order valence-corrected chi connectivity index (χ0v) is 9.51. The fourth-order valence-electron chi connectivity index (χ4n) is 2.28. The lowest BCUT2D eigenvalue weighted by Crippen LogP contribution is -2.45. The first-order chi connectivity index (χ1) is 6.66. The van der Waals surface area contributed by atoms with Crippen LogP contribution in [0.25, 0.3) is 0 Å². The second-order valence-electron chi connectivity index (χ2n) is 5.72. The molecule has 2 heteroatoms. The van der Waals surface area contributed by atoms with Gasteiger partial charge in [-0.1, -0.05) is 13.8 Å². The van der Waals surface area contributed by atoms with Gasteiger partial charge >= 0.3 is 0 Å². The molecule has 1 N–H and O–H groups in total. The van der Waals surface area contributed by atoms with Crippen LogP contribution >= 0.6 is 0 Å². The lowest BCUT2D eigenvalue weighted by Gasteiger charge is -2.35. The van der Waals surface area contributed by atoms with Gasteiger partial charge in [0.25, 0.3) is 0 Å². The quantitative estimate of drug-likeness (QED) is 0.749. The topological polar surface area (TPSA) is 21.3 Å². The van der Waals surface area contributed by atoms with Gasteiger partial charge in [-0.2, -0.15) is 0 Å². The average molecular weight is 197 g/mol. The van der Waals surface area contributed by atoms with Crippen molar-refractivity contribution in [3.8, 4) is 0 Å². The fourth-order valence-corrected chi connectivity index (χ4v) is 2.28. The molecule has 1 heterocycles. The zero-order chi connectivity index (χ0) is 10.0. The van der Waals surface area contributed by atoms with Crippen molar-refractivity contribution in [2.24, 2.45) is 11.3 Å². The normalized spacial score (nSPS) is 28.7. The van der Waals surface area contributed by atoms with Crippen molar-refractivity contribution in [3.05, 3.63) is 0 Å². The third kappa shape index (κ3) is 2.71. The summed E-state index contributed by atoms with van der Waals surface area (Å²) in [6.07, 6.45) is 5.77. The minimum Gasteiger partial charge on any atom is -0.378 e. The Labute approximate surface area is 87.4 Å². The Morgan fingerprint density at radius 1 is 1.21 bits per heavy atom. The van der Waals surface area contributed by atoms with Gasteiger partial charge in [0, 0.05) is 19.0 Å². The van der Waals surface area contributed by atoms with Gasteiger partial charge in [0.2, 0.25) is 0 Å². The Morgan fingerprint density at radius 2 is 1.86 bits per heavy atom. The summed E-state index contributed by atoms with van der Waals surface area (Å²) in [5.41, 5.74) is 0.567. The Kier molecular flexibility index (Phi) is 3.13. The van der Waals surface area contributed by atoms with Crippen LogP contribution in [0.4, 0.5) is 0 Å². The molecule has 0 aromatic rings. The molecule has 1 aliphatic carbocycles. The van der Waals surface area contributed by atoms with E-state index in [9.17, 15) is 0 Å².